The second kappa shape index (κ2) is 6.53. The van der Waals surface area contributed by atoms with Crippen LogP contribution in [0, 0.1) is 0 Å². The normalized spacial score (nSPS) is 17.1. The molecule has 19 heavy (non-hydrogen) atoms. The van der Waals surface area contributed by atoms with Gasteiger partial charge in [0.05, 0.1) is 25.7 Å². The number of carbonyl (C=O) groups is 1. The van der Waals surface area contributed by atoms with Crippen molar-refractivity contribution < 1.29 is 14.3 Å². The average Bonchev–Trinajstić information content (AvgIpc) is 2.41. The van der Waals surface area contributed by atoms with Crippen molar-refractivity contribution in [1.29, 1.82) is 0 Å². The summed E-state index contributed by atoms with van der Waals surface area (Å²) in [6.45, 7) is 0.534. The molecule has 1 aliphatic rings. The minimum absolute atomic E-state index is 0.188. The zero-order chi connectivity index (χ0) is 13.6. The molecule has 0 unspecified atom stereocenters. The maximum Gasteiger partial charge on any atom is 0.308 e. The van der Waals surface area contributed by atoms with E-state index in [9.17, 15) is 4.79 Å². The van der Waals surface area contributed by atoms with Crippen LogP contribution in [0.2, 0.25) is 0 Å². The number of ether oxygens (including phenoxy) is 2. The van der Waals surface area contributed by atoms with E-state index in [1.165, 1.54) is 7.11 Å². The van der Waals surface area contributed by atoms with Crippen LogP contribution in [-0.4, -0.2) is 25.3 Å². The molecule has 0 atom stereocenters. The molecule has 0 radical (unpaired) electrons. The Morgan fingerprint density at radius 2 is 2.05 bits per heavy atom. The fourth-order valence-electron chi connectivity index (χ4n) is 2.25. The van der Waals surface area contributed by atoms with Crippen LogP contribution in [0.25, 0.3) is 6.08 Å². The Kier molecular flexibility index (Phi) is 4.74. The summed E-state index contributed by atoms with van der Waals surface area (Å²) < 4.78 is 10.6. The van der Waals surface area contributed by atoms with Gasteiger partial charge in [0.1, 0.15) is 0 Å². The molecule has 0 bridgehead atoms. The highest BCUT2D eigenvalue weighted by atomic mass is 16.5. The maximum absolute atomic E-state index is 11.4. The number of esters is 1. The van der Waals surface area contributed by atoms with Crippen molar-refractivity contribution in [3.8, 4) is 0 Å². The van der Waals surface area contributed by atoms with Gasteiger partial charge in [-0.15, -0.1) is 0 Å². The number of methoxy groups -OCH3 is 1. The molecule has 3 nitrogen and oxygen atoms in total. The third-order valence-corrected chi connectivity index (χ3v) is 3.55. The molecule has 0 heterocycles. The van der Waals surface area contributed by atoms with Crippen molar-refractivity contribution in [2.45, 2.75) is 31.3 Å². The smallest absolute Gasteiger partial charge is 0.308 e. The summed E-state index contributed by atoms with van der Waals surface area (Å²) in [5.41, 5.74) is 0.871. The largest absolute Gasteiger partial charge is 0.469 e. The Morgan fingerprint density at radius 1 is 1.32 bits per heavy atom. The standard InChI is InChI=1S/C16H20O3/c1-18-15(17)13-16(10-6-11-16)19-12-5-9-14-7-3-2-4-8-14/h2-5,7-9H,6,10-13H2,1H3/b9-5+. The summed E-state index contributed by atoms with van der Waals surface area (Å²) in [6, 6.07) is 10.1. The molecule has 0 spiro atoms. The first-order chi connectivity index (χ1) is 9.24. The molecule has 0 aromatic heterocycles. The third kappa shape index (κ3) is 3.93. The first-order valence-corrected chi connectivity index (χ1v) is 6.66. The minimum atomic E-state index is -0.284. The number of rotatable bonds is 6. The van der Waals surface area contributed by atoms with Crippen LogP contribution in [0.3, 0.4) is 0 Å². The molecule has 0 amide bonds. The Bertz CT molecular complexity index is 433. The molecule has 1 aromatic rings. The Labute approximate surface area is 114 Å². The minimum Gasteiger partial charge on any atom is -0.469 e. The van der Waals surface area contributed by atoms with Crippen LogP contribution in [0.1, 0.15) is 31.2 Å². The first kappa shape index (κ1) is 13.8. The van der Waals surface area contributed by atoms with Crippen molar-refractivity contribution in [2.75, 3.05) is 13.7 Å². The van der Waals surface area contributed by atoms with E-state index < -0.39 is 0 Å². The Morgan fingerprint density at radius 3 is 2.63 bits per heavy atom. The van der Waals surface area contributed by atoms with Crippen molar-refractivity contribution in [3.05, 3.63) is 42.0 Å². The highest BCUT2D eigenvalue weighted by molar-refractivity contribution is 5.70. The van der Waals surface area contributed by atoms with Gasteiger partial charge in [-0.05, 0) is 24.8 Å². The average molecular weight is 260 g/mol. The number of benzene rings is 1. The van der Waals surface area contributed by atoms with Crippen LogP contribution < -0.4 is 0 Å². The molecule has 1 aliphatic carbocycles. The van der Waals surface area contributed by atoms with Crippen LogP contribution >= 0.6 is 0 Å². The molecule has 0 N–H and O–H groups in total. The van der Waals surface area contributed by atoms with Gasteiger partial charge >= 0.3 is 5.97 Å². The van der Waals surface area contributed by atoms with Crippen molar-refractivity contribution in [3.63, 3.8) is 0 Å². The van der Waals surface area contributed by atoms with Gasteiger partial charge in [0.25, 0.3) is 0 Å². The zero-order valence-electron chi connectivity index (χ0n) is 11.3. The molecule has 2 rings (SSSR count). The van der Waals surface area contributed by atoms with Crippen LogP contribution in [0.15, 0.2) is 36.4 Å². The topological polar surface area (TPSA) is 35.5 Å². The van der Waals surface area contributed by atoms with E-state index in [1.807, 2.05) is 42.5 Å². The molecule has 3 heteroatoms. The summed E-state index contributed by atoms with van der Waals surface area (Å²) in [7, 11) is 1.42. The number of carbonyl (C=O) groups excluding carboxylic acids is 1. The van der Waals surface area contributed by atoms with Gasteiger partial charge in [-0.3, -0.25) is 4.79 Å². The number of hydrogen-bond donors (Lipinski definition) is 0. The quantitative estimate of drug-likeness (QED) is 0.737. The fourth-order valence-corrected chi connectivity index (χ4v) is 2.25. The fraction of sp³-hybridized carbons (Fsp3) is 0.438. The lowest BCUT2D eigenvalue weighted by Gasteiger charge is -2.40. The first-order valence-electron chi connectivity index (χ1n) is 6.66. The summed E-state index contributed by atoms with van der Waals surface area (Å²) in [5, 5.41) is 0. The highest BCUT2D eigenvalue weighted by Crippen LogP contribution is 2.38. The lowest BCUT2D eigenvalue weighted by atomic mass is 9.77. The monoisotopic (exact) mass is 260 g/mol. The van der Waals surface area contributed by atoms with Gasteiger partial charge in [0.2, 0.25) is 0 Å². The van der Waals surface area contributed by atoms with Crippen molar-refractivity contribution in [1.82, 2.24) is 0 Å². The van der Waals surface area contributed by atoms with E-state index in [-0.39, 0.29) is 11.6 Å². The predicted molar refractivity (Wildman–Crippen MR) is 74.6 cm³/mol. The molecule has 0 saturated heterocycles. The molecule has 102 valence electrons. The van der Waals surface area contributed by atoms with Gasteiger partial charge in [-0.2, -0.15) is 0 Å². The van der Waals surface area contributed by atoms with Crippen LogP contribution in [0.4, 0.5) is 0 Å². The van der Waals surface area contributed by atoms with Gasteiger partial charge in [-0.25, -0.2) is 0 Å². The third-order valence-electron chi connectivity index (χ3n) is 3.55. The zero-order valence-corrected chi connectivity index (χ0v) is 11.3. The van der Waals surface area contributed by atoms with E-state index >= 15 is 0 Å². The lowest BCUT2D eigenvalue weighted by Crippen LogP contribution is -2.42. The van der Waals surface area contributed by atoms with E-state index in [0.717, 1.165) is 24.8 Å². The molecule has 0 aliphatic heterocycles. The molecule has 1 fully saturated rings. The maximum atomic E-state index is 11.4. The highest BCUT2D eigenvalue weighted by Gasteiger charge is 2.40. The molecule has 1 saturated carbocycles. The lowest BCUT2D eigenvalue weighted by molar-refractivity contribution is -0.155. The second-order valence-electron chi connectivity index (χ2n) is 4.91. The molecule has 1 aromatic carbocycles. The second-order valence-corrected chi connectivity index (χ2v) is 4.91. The summed E-state index contributed by atoms with van der Waals surface area (Å²) >= 11 is 0. The van der Waals surface area contributed by atoms with E-state index in [2.05, 4.69) is 0 Å². The summed E-state index contributed by atoms with van der Waals surface area (Å²) in [4.78, 5) is 11.4. The summed E-state index contributed by atoms with van der Waals surface area (Å²) in [5.74, 6) is -0.188. The van der Waals surface area contributed by atoms with Gasteiger partial charge in [-0.1, -0.05) is 42.5 Å². The Hall–Kier alpha value is -1.61. The van der Waals surface area contributed by atoms with E-state index in [0.29, 0.717) is 13.0 Å². The van der Waals surface area contributed by atoms with Gasteiger partial charge in [0.15, 0.2) is 0 Å². The van der Waals surface area contributed by atoms with Crippen molar-refractivity contribution >= 4 is 12.0 Å². The van der Waals surface area contributed by atoms with Crippen LogP contribution in [0.5, 0.6) is 0 Å². The van der Waals surface area contributed by atoms with Gasteiger partial charge < -0.3 is 9.47 Å². The van der Waals surface area contributed by atoms with Gasteiger partial charge in [0, 0.05) is 0 Å². The molecular formula is C16H20O3. The SMILES string of the molecule is COC(=O)CC1(OC/C=C/c2ccccc2)CCC1. The van der Waals surface area contributed by atoms with Crippen LogP contribution in [-0.2, 0) is 14.3 Å². The predicted octanol–water partition coefficient (Wildman–Crippen LogP) is 3.20. The molecular weight excluding hydrogens is 240 g/mol. The number of hydrogen-bond acceptors (Lipinski definition) is 3. The summed E-state index contributed by atoms with van der Waals surface area (Å²) in [6.07, 6.45) is 7.40. The van der Waals surface area contributed by atoms with Crippen molar-refractivity contribution in [2.24, 2.45) is 0 Å². The van der Waals surface area contributed by atoms with E-state index in [1.54, 1.807) is 0 Å². The van der Waals surface area contributed by atoms with E-state index in [4.69, 9.17) is 9.47 Å². The Balaban J connectivity index is 1.80.